The van der Waals surface area contributed by atoms with Crippen LogP contribution >= 0.6 is 12.2 Å². The first-order chi connectivity index (χ1) is 8.34. The quantitative estimate of drug-likeness (QED) is 0.850. The first-order valence-corrected chi connectivity index (χ1v) is 6.39. The van der Waals surface area contributed by atoms with Crippen LogP contribution in [-0.2, 0) is 11.3 Å². The van der Waals surface area contributed by atoms with E-state index in [0.29, 0.717) is 6.10 Å². The Hall–Kier alpha value is -1.20. The number of fused-ring (bicyclic) bond motifs is 1. The maximum Gasteiger partial charge on any atom is 0.178 e. The molecular formula is C12H15N3OS. The highest BCUT2D eigenvalue weighted by molar-refractivity contribution is 7.71. The molecule has 0 amide bonds. The van der Waals surface area contributed by atoms with Gasteiger partial charge in [0, 0.05) is 19.3 Å². The molecule has 1 saturated heterocycles. The lowest BCUT2D eigenvalue weighted by Gasteiger charge is -2.10. The van der Waals surface area contributed by atoms with Crippen molar-refractivity contribution in [2.75, 3.05) is 6.61 Å². The predicted molar refractivity (Wildman–Crippen MR) is 68.5 cm³/mol. The highest BCUT2D eigenvalue weighted by Crippen LogP contribution is 2.18. The third kappa shape index (κ3) is 2.12. The van der Waals surface area contributed by atoms with Crippen molar-refractivity contribution in [2.45, 2.75) is 31.9 Å². The Labute approximate surface area is 105 Å². The number of aromatic amines is 1. The monoisotopic (exact) mass is 249 g/mol. The van der Waals surface area contributed by atoms with Crippen molar-refractivity contribution in [1.29, 1.82) is 0 Å². The van der Waals surface area contributed by atoms with Gasteiger partial charge in [0.05, 0.1) is 23.3 Å². The van der Waals surface area contributed by atoms with Crippen LogP contribution in [0.15, 0.2) is 18.5 Å². The van der Waals surface area contributed by atoms with Crippen LogP contribution in [0.4, 0.5) is 0 Å². The van der Waals surface area contributed by atoms with Crippen molar-refractivity contribution in [2.24, 2.45) is 0 Å². The summed E-state index contributed by atoms with van der Waals surface area (Å²) in [6, 6.07) is 2.00. The van der Waals surface area contributed by atoms with E-state index in [0.717, 1.165) is 35.4 Å². The van der Waals surface area contributed by atoms with Gasteiger partial charge in [-0.3, -0.25) is 4.98 Å². The van der Waals surface area contributed by atoms with Crippen LogP contribution < -0.4 is 0 Å². The molecule has 0 bridgehead atoms. The highest BCUT2D eigenvalue weighted by atomic mass is 32.1. The number of ether oxygens (including phenoxy) is 1. The maximum atomic E-state index is 5.63. The second kappa shape index (κ2) is 4.58. The molecule has 1 aliphatic heterocycles. The number of aryl methyl sites for hydroxylation is 1. The summed E-state index contributed by atoms with van der Waals surface area (Å²) >= 11 is 5.33. The lowest BCUT2D eigenvalue weighted by atomic mass is 10.2. The fraction of sp³-hybridized carbons (Fsp3) is 0.500. The van der Waals surface area contributed by atoms with Crippen LogP contribution in [-0.4, -0.2) is 27.2 Å². The van der Waals surface area contributed by atoms with Gasteiger partial charge in [-0.25, -0.2) is 0 Å². The smallest absolute Gasteiger partial charge is 0.178 e. The van der Waals surface area contributed by atoms with Crippen LogP contribution in [0.3, 0.4) is 0 Å². The molecule has 0 aliphatic carbocycles. The summed E-state index contributed by atoms with van der Waals surface area (Å²) < 4.78 is 8.54. The van der Waals surface area contributed by atoms with Crippen LogP contribution in [0, 0.1) is 4.77 Å². The summed E-state index contributed by atoms with van der Waals surface area (Å²) in [7, 11) is 0. The molecule has 0 aromatic carbocycles. The van der Waals surface area contributed by atoms with Gasteiger partial charge in [0.2, 0.25) is 0 Å². The predicted octanol–water partition coefficient (Wildman–Crippen LogP) is 2.66. The molecule has 2 aromatic rings. The summed E-state index contributed by atoms with van der Waals surface area (Å²) in [6.07, 6.45) is 7.42. The summed E-state index contributed by atoms with van der Waals surface area (Å²) in [4.78, 5) is 7.27. The Morgan fingerprint density at radius 2 is 2.53 bits per heavy atom. The van der Waals surface area contributed by atoms with Crippen LogP contribution in [0.1, 0.15) is 19.3 Å². The van der Waals surface area contributed by atoms with Gasteiger partial charge in [-0.1, -0.05) is 0 Å². The fourth-order valence-corrected chi connectivity index (χ4v) is 2.68. The standard InChI is InChI=1S/C12H15N3OS/c17-12-14-10-8-13-5-3-11(10)15(12)6-4-9-2-1-7-16-9/h3,5,8-9H,1-2,4,6-7H2,(H,14,17). The minimum atomic E-state index is 0.406. The normalized spacial score (nSPS) is 20.1. The molecule has 0 radical (unpaired) electrons. The number of hydrogen-bond acceptors (Lipinski definition) is 3. The Morgan fingerprint density at radius 1 is 1.59 bits per heavy atom. The third-order valence-electron chi connectivity index (χ3n) is 3.27. The number of imidazole rings is 1. The second-order valence-electron chi connectivity index (χ2n) is 4.40. The SMILES string of the molecule is S=c1[nH]c2cnccc2n1CCC1CCCO1. The molecule has 3 heterocycles. The Bertz CT molecular complexity index is 568. The topological polar surface area (TPSA) is 42.8 Å². The number of rotatable bonds is 3. The van der Waals surface area contributed by atoms with Crippen molar-refractivity contribution >= 4 is 23.3 Å². The number of aromatic nitrogens is 3. The fourth-order valence-electron chi connectivity index (χ4n) is 2.38. The summed E-state index contributed by atoms with van der Waals surface area (Å²) in [5.41, 5.74) is 2.13. The van der Waals surface area contributed by atoms with Gasteiger partial charge >= 0.3 is 0 Å². The summed E-state index contributed by atoms with van der Waals surface area (Å²) in [5, 5.41) is 0. The van der Waals surface area contributed by atoms with E-state index in [1.165, 1.54) is 12.8 Å². The molecule has 0 saturated carbocycles. The van der Waals surface area contributed by atoms with Gasteiger partial charge in [0.25, 0.3) is 0 Å². The van der Waals surface area contributed by atoms with Gasteiger partial charge in [-0.15, -0.1) is 0 Å². The van der Waals surface area contributed by atoms with E-state index >= 15 is 0 Å². The molecule has 1 fully saturated rings. The Kier molecular flexibility index (Phi) is 2.94. The van der Waals surface area contributed by atoms with E-state index in [2.05, 4.69) is 14.5 Å². The zero-order valence-corrected chi connectivity index (χ0v) is 10.4. The van der Waals surface area contributed by atoms with Crippen molar-refractivity contribution in [3.05, 3.63) is 23.2 Å². The van der Waals surface area contributed by atoms with E-state index in [9.17, 15) is 0 Å². The molecule has 2 aromatic heterocycles. The Balaban J connectivity index is 1.84. The molecule has 1 atom stereocenters. The minimum Gasteiger partial charge on any atom is -0.378 e. The van der Waals surface area contributed by atoms with Crippen molar-refractivity contribution < 1.29 is 4.74 Å². The lowest BCUT2D eigenvalue weighted by molar-refractivity contribution is 0.101. The first-order valence-electron chi connectivity index (χ1n) is 5.99. The van der Waals surface area contributed by atoms with E-state index < -0.39 is 0 Å². The zero-order chi connectivity index (χ0) is 11.7. The number of pyridine rings is 1. The molecule has 4 nitrogen and oxygen atoms in total. The van der Waals surface area contributed by atoms with Crippen molar-refractivity contribution in [3.63, 3.8) is 0 Å². The average Bonchev–Trinajstić information content (AvgIpc) is 2.93. The van der Waals surface area contributed by atoms with E-state index in [-0.39, 0.29) is 0 Å². The number of H-pyrrole nitrogens is 1. The second-order valence-corrected chi connectivity index (χ2v) is 4.79. The van der Waals surface area contributed by atoms with Crippen LogP contribution in [0.25, 0.3) is 11.0 Å². The highest BCUT2D eigenvalue weighted by Gasteiger charge is 2.15. The minimum absolute atomic E-state index is 0.406. The number of hydrogen-bond donors (Lipinski definition) is 1. The Morgan fingerprint density at radius 3 is 3.35 bits per heavy atom. The van der Waals surface area contributed by atoms with Gasteiger partial charge < -0.3 is 14.3 Å². The molecular weight excluding hydrogens is 234 g/mol. The molecule has 1 N–H and O–H groups in total. The zero-order valence-electron chi connectivity index (χ0n) is 9.56. The molecule has 0 spiro atoms. The van der Waals surface area contributed by atoms with Gasteiger partial charge in [0.15, 0.2) is 4.77 Å². The van der Waals surface area contributed by atoms with Crippen molar-refractivity contribution in [3.8, 4) is 0 Å². The molecule has 17 heavy (non-hydrogen) atoms. The van der Waals surface area contributed by atoms with E-state index in [1.54, 1.807) is 6.20 Å². The molecule has 90 valence electrons. The van der Waals surface area contributed by atoms with E-state index in [4.69, 9.17) is 17.0 Å². The molecule has 3 rings (SSSR count). The first kappa shape index (κ1) is 10.9. The molecule has 1 unspecified atom stereocenters. The van der Waals surface area contributed by atoms with Crippen molar-refractivity contribution in [1.82, 2.24) is 14.5 Å². The molecule has 5 heteroatoms. The largest absolute Gasteiger partial charge is 0.378 e. The van der Waals surface area contributed by atoms with E-state index in [1.807, 2.05) is 12.3 Å². The lowest BCUT2D eigenvalue weighted by Crippen LogP contribution is -2.10. The average molecular weight is 249 g/mol. The maximum absolute atomic E-state index is 5.63. The van der Waals surface area contributed by atoms with Gasteiger partial charge in [-0.05, 0) is 37.5 Å². The molecule has 1 aliphatic rings. The van der Waals surface area contributed by atoms with Gasteiger partial charge in [0.1, 0.15) is 0 Å². The van der Waals surface area contributed by atoms with Crippen LogP contribution in [0.2, 0.25) is 0 Å². The number of nitrogens with one attached hydrogen (secondary N) is 1. The van der Waals surface area contributed by atoms with Gasteiger partial charge in [-0.2, -0.15) is 0 Å². The number of nitrogens with zero attached hydrogens (tertiary/aromatic N) is 2. The summed E-state index contributed by atoms with van der Waals surface area (Å²) in [5.74, 6) is 0. The third-order valence-corrected chi connectivity index (χ3v) is 3.60. The summed E-state index contributed by atoms with van der Waals surface area (Å²) in [6.45, 7) is 1.82. The van der Waals surface area contributed by atoms with Crippen LogP contribution in [0.5, 0.6) is 0 Å².